The number of benzene rings is 2. The largest absolute Gasteiger partial charge is 0.504 e. The SMILES string of the molecule is CCOc1cc(C=C(C#N)C(=O)c2c(C)[nH]c3ccccc23)ccc1O. The number of H-pyrrole nitrogens is 1. The van der Waals surface area contributed by atoms with Crippen molar-refractivity contribution in [3.8, 4) is 17.6 Å². The minimum Gasteiger partial charge on any atom is -0.504 e. The summed E-state index contributed by atoms with van der Waals surface area (Å²) < 4.78 is 5.35. The third-order valence-corrected chi connectivity index (χ3v) is 4.08. The molecule has 0 bridgehead atoms. The third-order valence-electron chi connectivity index (χ3n) is 4.08. The first-order chi connectivity index (χ1) is 12.5. The van der Waals surface area contributed by atoms with Crippen LogP contribution in [0.25, 0.3) is 17.0 Å². The maximum Gasteiger partial charge on any atom is 0.205 e. The van der Waals surface area contributed by atoms with Crippen molar-refractivity contribution in [1.82, 2.24) is 4.98 Å². The zero-order chi connectivity index (χ0) is 18.7. The lowest BCUT2D eigenvalue weighted by Crippen LogP contribution is -2.03. The number of para-hydroxylation sites is 1. The summed E-state index contributed by atoms with van der Waals surface area (Å²) in [5.41, 5.74) is 2.70. The molecule has 130 valence electrons. The fourth-order valence-corrected chi connectivity index (χ4v) is 2.91. The number of aryl methyl sites for hydroxylation is 1. The summed E-state index contributed by atoms with van der Waals surface area (Å²) in [6, 6.07) is 14.2. The predicted molar refractivity (Wildman–Crippen MR) is 100 cm³/mol. The summed E-state index contributed by atoms with van der Waals surface area (Å²) in [5.74, 6) is -0.0101. The molecule has 5 heteroatoms. The Kier molecular flexibility index (Phi) is 4.76. The summed E-state index contributed by atoms with van der Waals surface area (Å²) in [6.45, 7) is 4.03. The molecule has 0 saturated heterocycles. The number of nitrogens with one attached hydrogen (secondary N) is 1. The van der Waals surface area contributed by atoms with E-state index in [1.165, 1.54) is 12.1 Å². The van der Waals surface area contributed by atoms with E-state index in [0.29, 0.717) is 23.5 Å². The molecule has 0 aliphatic heterocycles. The molecule has 1 aromatic heterocycles. The Balaban J connectivity index is 2.04. The van der Waals surface area contributed by atoms with E-state index < -0.39 is 0 Å². The molecule has 3 rings (SSSR count). The van der Waals surface area contributed by atoms with Crippen molar-refractivity contribution in [2.24, 2.45) is 0 Å². The van der Waals surface area contributed by atoms with E-state index in [1.807, 2.05) is 44.2 Å². The van der Waals surface area contributed by atoms with Gasteiger partial charge in [-0.3, -0.25) is 4.79 Å². The smallest absolute Gasteiger partial charge is 0.205 e. The number of fused-ring (bicyclic) bond motifs is 1. The van der Waals surface area contributed by atoms with Crippen LogP contribution in [0.1, 0.15) is 28.5 Å². The van der Waals surface area contributed by atoms with Crippen LogP contribution in [0.3, 0.4) is 0 Å². The zero-order valence-corrected chi connectivity index (χ0v) is 14.5. The van der Waals surface area contributed by atoms with Crippen LogP contribution in [0.5, 0.6) is 11.5 Å². The van der Waals surface area contributed by atoms with Gasteiger partial charge in [0.2, 0.25) is 5.78 Å². The zero-order valence-electron chi connectivity index (χ0n) is 14.5. The molecule has 0 atom stereocenters. The van der Waals surface area contributed by atoms with E-state index in [4.69, 9.17) is 4.74 Å². The highest BCUT2D eigenvalue weighted by molar-refractivity contribution is 6.20. The molecule has 0 aliphatic carbocycles. The molecule has 3 aromatic rings. The first-order valence-electron chi connectivity index (χ1n) is 8.24. The topological polar surface area (TPSA) is 86.1 Å². The van der Waals surface area contributed by atoms with Crippen molar-refractivity contribution >= 4 is 22.8 Å². The molecule has 2 aromatic carbocycles. The van der Waals surface area contributed by atoms with E-state index in [-0.39, 0.29) is 17.1 Å². The molecule has 1 heterocycles. The molecule has 0 radical (unpaired) electrons. The number of hydrogen-bond acceptors (Lipinski definition) is 4. The van der Waals surface area contributed by atoms with Crippen molar-refractivity contribution < 1.29 is 14.6 Å². The Hall–Kier alpha value is -3.52. The second-order valence-electron chi connectivity index (χ2n) is 5.83. The van der Waals surface area contributed by atoms with Crippen LogP contribution < -0.4 is 4.74 Å². The molecule has 0 unspecified atom stereocenters. The maximum absolute atomic E-state index is 13.0. The number of phenolic OH excluding ortho intramolecular Hbond substituents is 1. The van der Waals surface area contributed by atoms with E-state index in [1.54, 1.807) is 12.1 Å². The Morgan fingerprint density at radius 1 is 1.31 bits per heavy atom. The highest BCUT2D eigenvalue weighted by atomic mass is 16.5. The lowest BCUT2D eigenvalue weighted by Gasteiger charge is -2.07. The number of phenols is 1. The van der Waals surface area contributed by atoms with Crippen LogP contribution in [0.2, 0.25) is 0 Å². The van der Waals surface area contributed by atoms with Gasteiger partial charge >= 0.3 is 0 Å². The maximum atomic E-state index is 13.0. The molecule has 0 saturated carbocycles. The number of carbonyl (C=O) groups excluding carboxylic acids is 1. The quantitative estimate of drug-likeness (QED) is 0.408. The molecule has 0 spiro atoms. The van der Waals surface area contributed by atoms with Crippen molar-refractivity contribution in [2.75, 3.05) is 6.61 Å². The molecule has 5 nitrogen and oxygen atoms in total. The minimum atomic E-state index is -0.339. The lowest BCUT2D eigenvalue weighted by molar-refractivity contribution is 0.104. The number of ether oxygens (including phenoxy) is 1. The Bertz CT molecular complexity index is 1050. The Labute approximate surface area is 151 Å². The monoisotopic (exact) mass is 346 g/mol. The fourth-order valence-electron chi connectivity index (χ4n) is 2.91. The standard InChI is InChI=1S/C21H18N2O3/c1-3-26-19-11-14(8-9-18(19)24)10-15(12-22)21(25)20-13(2)23-17-7-5-4-6-16(17)20/h4-11,23-24H,3H2,1-2H3. The van der Waals surface area contributed by atoms with E-state index in [2.05, 4.69) is 4.98 Å². The number of allylic oxidation sites excluding steroid dienone is 1. The van der Waals surface area contributed by atoms with Crippen LogP contribution in [-0.2, 0) is 0 Å². The number of Topliss-reactive ketones (excluding diaryl/α,β-unsaturated/α-hetero) is 1. The molecule has 0 fully saturated rings. The molecule has 0 amide bonds. The van der Waals surface area contributed by atoms with Gasteiger partial charge in [0.15, 0.2) is 11.5 Å². The summed E-state index contributed by atoms with van der Waals surface area (Å²) in [6.07, 6.45) is 1.51. The van der Waals surface area contributed by atoms with Crippen LogP contribution in [0.15, 0.2) is 48.0 Å². The third kappa shape index (κ3) is 3.17. The highest BCUT2D eigenvalue weighted by Crippen LogP contribution is 2.29. The van der Waals surface area contributed by atoms with Crippen LogP contribution in [0.4, 0.5) is 0 Å². The van der Waals surface area contributed by atoms with Crippen LogP contribution in [0, 0.1) is 18.3 Å². The Morgan fingerprint density at radius 2 is 2.08 bits per heavy atom. The number of hydrogen-bond donors (Lipinski definition) is 2. The van der Waals surface area contributed by atoms with Gasteiger partial charge in [-0.15, -0.1) is 0 Å². The lowest BCUT2D eigenvalue weighted by atomic mass is 9.99. The van der Waals surface area contributed by atoms with Gasteiger partial charge in [-0.2, -0.15) is 5.26 Å². The summed E-state index contributed by atoms with van der Waals surface area (Å²) >= 11 is 0. The summed E-state index contributed by atoms with van der Waals surface area (Å²) in [7, 11) is 0. The number of nitriles is 1. The number of aromatic amines is 1. The summed E-state index contributed by atoms with van der Waals surface area (Å²) in [4.78, 5) is 16.1. The van der Waals surface area contributed by atoms with E-state index >= 15 is 0 Å². The van der Waals surface area contributed by atoms with Gasteiger partial charge in [-0.05, 0) is 43.7 Å². The van der Waals surface area contributed by atoms with Gasteiger partial charge in [-0.25, -0.2) is 0 Å². The van der Waals surface area contributed by atoms with Gasteiger partial charge in [-0.1, -0.05) is 24.3 Å². The second-order valence-corrected chi connectivity index (χ2v) is 5.83. The van der Waals surface area contributed by atoms with E-state index in [0.717, 1.165) is 16.6 Å². The van der Waals surface area contributed by atoms with Gasteiger partial charge in [0, 0.05) is 16.6 Å². The second kappa shape index (κ2) is 7.16. The van der Waals surface area contributed by atoms with E-state index in [9.17, 15) is 15.2 Å². The van der Waals surface area contributed by atoms with Gasteiger partial charge in [0.1, 0.15) is 11.6 Å². The van der Waals surface area contributed by atoms with Gasteiger partial charge in [0.05, 0.1) is 12.2 Å². The number of aromatic hydroxyl groups is 1. The average molecular weight is 346 g/mol. The highest BCUT2D eigenvalue weighted by Gasteiger charge is 2.19. The number of nitrogens with zero attached hydrogens (tertiary/aromatic N) is 1. The number of aromatic nitrogens is 1. The molecule has 0 aliphatic rings. The predicted octanol–water partition coefficient (Wildman–Crippen LogP) is 4.37. The molecular weight excluding hydrogens is 328 g/mol. The van der Waals surface area contributed by atoms with Gasteiger partial charge < -0.3 is 14.8 Å². The minimum absolute atomic E-state index is 0.0151. The van der Waals surface area contributed by atoms with Crippen molar-refractivity contribution in [1.29, 1.82) is 5.26 Å². The van der Waals surface area contributed by atoms with Crippen molar-refractivity contribution in [2.45, 2.75) is 13.8 Å². The van der Waals surface area contributed by atoms with Crippen LogP contribution in [-0.4, -0.2) is 22.5 Å². The molecule has 26 heavy (non-hydrogen) atoms. The van der Waals surface area contributed by atoms with Crippen molar-refractivity contribution in [3.63, 3.8) is 0 Å². The van der Waals surface area contributed by atoms with Crippen molar-refractivity contribution in [3.05, 3.63) is 64.9 Å². The normalized spacial score (nSPS) is 11.3. The fraction of sp³-hybridized carbons (Fsp3) is 0.143. The first kappa shape index (κ1) is 17.3. The Morgan fingerprint density at radius 3 is 2.81 bits per heavy atom. The average Bonchev–Trinajstić information content (AvgIpc) is 2.97. The number of ketones is 1. The first-order valence-corrected chi connectivity index (χ1v) is 8.24. The molecular formula is C21H18N2O3. The van der Waals surface area contributed by atoms with Crippen LogP contribution >= 0.6 is 0 Å². The van der Waals surface area contributed by atoms with Gasteiger partial charge in [0.25, 0.3) is 0 Å². The number of rotatable bonds is 5. The summed E-state index contributed by atoms with van der Waals surface area (Å²) in [5, 5.41) is 20.1. The number of carbonyl (C=O) groups is 1. The molecule has 2 N–H and O–H groups in total.